The van der Waals surface area contributed by atoms with Crippen LogP contribution in [0.2, 0.25) is 0 Å². The lowest BCUT2D eigenvalue weighted by Gasteiger charge is -1.87. The summed E-state index contributed by atoms with van der Waals surface area (Å²) < 4.78 is 0. The molecule has 48 valence electrons. The van der Waals surface area contributed by atoms with Gasteiger partial charge in [0.1, 0.15) is 0 Å². The number of hydrogen-bond acceptors (Lipinski definition) is 1. The molecule has 1 N–H and O–H groups in total. The van der Waals surface area contributed by atoms with E-state index in [9.17, 15) is 4.79 Å². The number of carboxylic acid groups (broad SMARTS) is 1. The molecule has 3 heteroatoms. The van der Waals surface area contributed by atoms with Gasteiger partial charge in [-0.3, -0.25) is 4.79 Å². The minimum atomic E-state index is -0.711. The van der Waals surface area contributed by atoms with Gasteiger partial charge in [-0.05, 0) is 11.6 Å². The minimum absolute atomic E-state index is 0.280. The zero-order valence-electron chi connectivity index (χ0n) is 4.82. The van der Waals surface area contributed by atoms with Crippen molar-refractivity contribution in [3.05, 3.63) is 23.7 Å². The van der Waals surface area contributed by atoms with Crippen LogP contribution >= 0.6 is 7.53 Å². The molecular weight excluding hydrogens is 135 g/mol. The maximum Gasteiger partial charge on any atom is 0.311 e. The quantitative estimate of drug-likeness (QED) is 0.683. The van der Waals surface area contributed by atoms with Crippen molar-refractivity contribution in [2.24, 2.45) is 0 Å². The summed E-state index contributed by atoms with van der Waals surface area (Å²) in [7, 11) is -0.445. The Bertz CT molecular complexity index is 191. The summed E-state index contributed by atoms with van der Waals surface area (Å²) in [4.78, 5) is 10.1. The second-order valence-electron chi connectivity index (χ2n) is 1.75. The lowest BCUT2D eigenvalue weighted by Crippen LogP contribution is -1.91. The molecule has 9 heavy (non-hydrogen) atoms. The van der Waals surface area contributed by atoms with E-state index in [4.69, 9.17) is 5.11 Å². The summed E-state index contributed by atoms with van der Waals surface area (Å²) in [5, 5.41) is 8.32. The van der Waals surface area contributed by atoms with E-state index < -0.39 is 13.5 Å². The first-order valence-electron chi connectivity index (χ1n) is 2.61. The highest BCUT2D eigenvalue weighted by atomic mass is 31.1. The topological polar surface area (TPSA) is 37.3 Å². The molecule has 1 aromatic heterocycles. The third kappa shape index (κ3) is 1.90. The third-order valence-corrected chi connectivity index (χ3v) is 2.73. The van der Waals surface area contributed by atoms with Crippen molar-refractivity contribution in [3.8, 4) is 0 Å². The SMILES string of the molecule is O=C(O)Cp1cccc1. The van der Waals surface area contributed by atoms with E-state index in [1.807, 2.05) is 23.7 Å². The van der Waals surface area contributed by atoms with Crippen LogP contribution in [0.1, 0.15) is 0 Å². The molecule has 0 aliphatic heterocycles. The van der Waals surface area contributed by atoms with Gasteiger partial charge in [0.2, 0.25) is 0 Å². The first-order chi connectivity index (χ1) is 4.29. The van der Waals surface area contributed by atoms with E-state index >= 15 is 0 Å². The van der Waals surface area contributed by atoms with Crippen molar-refractivity contribution < 1.29 is 9.90 Å². The summed E-state index contributed by atoms with van der Waals surface area (Å²) in [6.07, 6.45) is 0.280. The Kier molecular flexibility index (Phi) is 1.91. The molecule has 0 bridgehead atoms. The Hall–Kier alpha value is -0.750. The molecule has 0 aliphatic rings. The molecule has 1 heterocycles. The van der Waals surface area contributed by atoms with E-state index in [0.29, 0.717) is 0 Å². The van der Waals surface area contributed by atoms with Gasteiger partial charge in [-0.1, -0.05) is 12.1 Å². The van der Waals surface area contributed by atoms with Crippen LogP contribution in [0.4, 0.5) is 0 Å². The van der Waals surface area contributed by atoms with E-state index in [2.05, 4.69) is 0 Å². The van der Waals surface area contributed by atoms with Crippen molar-refractivity contribution in [1.82, 2.24) is 0 Å². The van der Waals surface area contributed by atoms with Gasteiger partial charge in [0, 0.05) is 0 Å². The molecule has 0 spiro atoms. The highest BCUT2D eigenvalue weighted by Gasteiger charge is 1.96. The molecule has 0 amide bonds. The lowest BCUT2D eigenvalue weighted by molar-refractivity contribution is -0.135. The Balaban J connectivity index is 2.58. The highest BCUT2D eigenvalue weighted by molar-refractivity contribution is 7.48. The molecule has 0 saturated heterocycles. The van der Waals surface area contributed by atoms with Crippen molar-refractivity contribution in [3.63, 3.8) is 0 Å². The predicted octanol–water partition coefficient (Wildman–Crippen LogP) is 1.76. The Morgan fingerprint density at radius 1 is 1.44 bits per heavy atom. The smallest absolute Gasteiger partial charge is 0.311 e. The van der Waals surface area contributed by atoms with E-state index in [1.54, 1.807) is 0 Å². The fraction of sp³-hybridized carbons (Fsp3) is 0.167. The second-order valence-corrected chi connectivity index (χ2v) is 3.69. The van der Waals surface area contributed by atoms with Crippen molar-refractivity contribution in [2.75, 3.05) is 0 Å². The van der Waals surface area contributed by atoms with Crippen LogP contribution in [0.15, 0.2) is 23.7 Å². The Labute approximate surface area is 54.2 Å². The van der Waals surface area contributed by atoms with Crippen LogP contribution in [0, 0.1) is 0 Å². The molecule has 1 rings (SSSR count). The van der Waals surface area contributed by atoms with Crippen molar-refractivity contribution >= 4 is 13.5 Å². The van der Waals surface area contributed by atoms with Gasteiger partial charge in [0.15, 0.2) is 0 Å². The maximum absolute atomic E-state index is 10.1. The van der Waals surface area contributed by atoms with Gasteiger partial charge in [-0.25, -0.2) is 0 Å². The van der Waals surface area contributed by atoms with Crippen LogP contribution in [0.25, 0.3) is 0 Å². The molecule has 0 aromatic carbocycles. The van der Waals surface area contributed by atoms with E-state index in [-0.39, 0.29) is 6.16 Å². The van der Waals surface area contributed by atoms with Crippen molar-refractivity contribution in [1.29, 1.82) is 0 Å². The molecule has 0 fully saturated rings. The normalized spacial score (nSPS) is 9.33. The zero-order valence-corrected chi connectivity index (χ0v) is 5.71. The molecule has 0 unspecified atom stereocenters. The average molecular weight is 142 g/mol. The number of carbonyl (C=O) groups is 1. The monoisotopic (exact) mass is 142 g/mol. The van der Waals surface area contributed by atoms with E-state index in [0.717, 1.165) is 0 Å². The first-order valence-corrected chi connectivity index (χ1v) is 4.28. The van der Waals surface area contributed by atoms with Crippen LogP contribution < -0.4 is 0 Å². The summed E-state index contributed by atoms with van der Waals surface area (Å²) in [6.45, 7) is 0. The highest BCUT2D eigenvalue weighted by Crippen LogP contribution is 2.26. The fourth-order valence-corrected chi connectivity index (χ4v) is 1.90. The number of aliphatic carboxylic acids is 1. The van der Waals surface area contributed by atoms with Crippen LogP contribution in [-0.4, -0.2) is 11.1 Å². The molecule has 0 atom stereocenters. The van der Waals surface area contributed by atoms with E-state index in [1.165, 1.54) is 0 Å². The average Bonchev–Trinajstić information content (AvgIpc) is 2.15. The molecule has 0 aliphatic carbocycles. The summed E-state index contributed by atoms with van der Waals surface area (Å²) >= 11 is 0. The molecular formula is C6H7O2P. The Morgan fingerprint density at radius 3 is 2.44 bits per heavy atom. The minimum Gasteiger partial charge on any atom is -0.481 e. The largest absolute Gasteiger partial charge is 0.481 e. The predicted molar refractivity (Wildman–Crippen MR) is 36.8 cm³/mol. The summed E-state index contributed by atoms with van der Waals surface area (Å²) in [6, 6.07) is 3.79. The Morgan fingerprint density at radius 2 is 2.00 bits per heavy atom. The maximum atomic E-state index is 10.1. The summed E-state index contributed by atoms with van der Waals surface area (Å²) in [5.41, 5.74) is 0. The molecule has 2 nitrogen and oxygen atoms in total. The third-order valence-electron chi connectivity index (χ3n) is 0.984. The molecule has 0 saturated carbocycles. The van der Waals surface area contributed by atoms with Gasteiger partial charge in [0.25, 0.3) is 0 Å². The van der Waals surface area contributed by atoms with Gasteiger partial charge in [0.05, 0.1) is 6.16 Å². The van der Waals surface area contributed by atoms with Crippen LogP contribution in [0.5, 0.6) is 0 Å². The second kappa shape index (κ2) is 2.70. The molecule has 0 radical (unpaired) electrons. The first kappa shape index (κ1) is 6.37. The number of hydrogen-bond donors (Lipinski definition) is 1. The lowest BCUT2D eigenvalue weighted by atomic mass is 10.7. The van der Waals surface area contributed by atoms with Gasteiger partial charge in [-0.2, -0.15) is 0 Å². The number of carboxylic acids is 1. The van der Waals surface area contributed by atoms with Gasteiger partial charge < -0.3 is 5.11 Å². The molecule has 1 aromatic rings. The van der Waals surface area contributed by atoms with Gasteiger partial charge in [-0.15, -0.1) is 7.53 Å². The van der Waals surface area contributed by atoms with Crippen molar-refractivity contribution in [2.45, 2.75) is 6.16 Å². The number of rotatable bonds is 2. The van der Waals surface area contributed by atoms with Crippen LogP contribution in [-0.2, 0) is 11.0 Å². The summed E-state index contributed by atoms with van der Waals surface area (Å²) in [5.74, 6) is 3.18. The van der Waals surface area contributed by atoms with Crippen LogP contribution in [0.3, 0.4) is 0 Å². The standard InChI is InChI=1S/C6H7O2P/c7-6(8)5-9-3-1-2-4-9/h1-4H,5H2,(H,7,8). The fourth-order valence-electron chi connectivity index (χ4n) is 0.632. The van der Waals surface area contributed by atoms with Gasteiger partial charge >= 0.3 is 5.97 Å². The zero-order chi connectivity index (χ0) is 6.69.